The van der Waals surface area contributed by atoms with E-state index in [9.17, 15) is 9.59 Å². The number of nitrogens with one attached hydrogen (secondary N) is 1. The summed E-state index contributed by atoms with van der Waals surface area (Å²) >= 11 is 9.27. The molecule has 0 spiro atoms. The number of halogens is 2. The van der Waals surface area contributed by atoms with Crippen LogP contribution in [0.5, 0.6) is 5.75 Å². The summed E-state index contributed by atoms with van der Waals surface area (Å²) in [4.78, 5) is 26.9. The fourth-order valence-electron chi connectivity index (χ4n) is 2.53. The molecular weight excluding hydrogens is 444 g/mol. The molecule has 2 rings (SSSR count). The van der Waals surface area contributed by atoms with Crippen molar-refractivity contribution < 1.29 is 14.3 Å². The number of rotatable bonds is 8. The number of amides is 2. The second kappa shape index (κ2) is 10.5. The smallest absolute Gasteiger partial charge is 0.261 e. The molecule has 2 aromatic carbocycles. The predicted octanol–water partition coefficient (Wildman–Crippen LogP) is 4.42. The summed E-state index contributed by atoms with van der Waals surface area (Å²) in [5.41, 5.74) is 0.923. The maximum atomic E-state index is 12.9. The van der Waals surface area contributed by atoms with Crippen molar-refractivity contribution in [1.82, 2.24) is 10.2 Å². The molecule has 1 unspecified atom stereocenters. The van der Waals surface area contributed by atoms with Gasteiger partial charge in [-0.05, 0) is 62.7 Å². The summed E-state index contributed by atoms with van der Waals surface area (Å²) in [6.07, 6.45) is 0. The van der Waals surface area contributed by atoms with Crippen LogP contribution in [-0.4, -0.2) is 35.4 Å². The highest BCUT2D eigenvalue weighted by Crippen LogP contribution is 2.17. The molecule has 28 heavy (non-hydrogen) atoms. The van der Waals surface area contributed by atoms with Gasteiger partial charge in [-0.1, -0.05) is 39.7 Å². The summed E-state index contributed by atoms with van der Waals surface area (Å²) in [6.45, 7) is 5.63. The van der Waals surface area contributed by atoms with Gasteiger partial charge < -0.3 is 15.0 Å². The van der Waals surface area contributed by atoms with E-state index in [2.05, 4.69) is 21.2 Å². The first kappa shape index (κ1) is 22.2. The SMILES string of the molecule is CC(C)NC(=O)C(C)N(Cc1ccc(Br)cc1)C(=O)COc1ccc(Cl)cc1. The van der Waals surface area contributed by atoms with Gasteiger partial charge >= 0.3 is 0 Å². The molecule has 0 heterocycles. The van der Waals surface area contributed by atoms with Crippen LogP contribution in [0.1, 0.15) is 26.3 Å². The lowest BCUT2D eigenvalue weighted by molar-refractivity contribution is -0.142. The molecule has 0 bridgehead atoms. The minimum atomic E-state index is -0.632. The van der Waals surface area contributed by atoms with Crippen LogP contribution in [0.25, 0.3) is 0 Å². The van der Waals surface area contributed by atoms with Crippen LogP contribution in [0.3, 0.4) is 0 Å². The quantitative estimate of drug-likeness (QED) is 0.625. The van der Waals surface area contributed by atoms with Crippen molar-refractivity contribution in [3.8, 4) is 5.75 Å². The maximum Gasteiger partial charge on any atom is 0.261 e. The van der Waals surface area contributed by atoms with Gasteiger partial charge in [0.15, 0.2) is 6.61 Å². The van der Waals surface area contributed by atoms with Crippen LogP contribution in [0.4, 0.5) is 0 Å². The maximum absolute atomic E-state index is 12.9. The predicted molar refractivity (Wildman–Crippen MR) is 114 cm³/mol. The highest BCUT2D eigenvalue weighted by atomic mass is 79.9. The molecule has 2 aromatic rings. The van der Waals surface area contributed by atoms with Crippen molar-refractivity contribution in [1.29, 1.82) is 0 Å². The summed E-state index contributed by atoms with van der Waals surface area (Å²) in [6, 6.07) is 13.8. The van der Waals surface area contributed by atoms with E-state index in [-0.39, 0.29) is 24.5 Å². The molecule has 0 radical (unpaired) electrons. The molecule has 0 aliphatic carbocycles. The molecule has 0 saturated carbocycles. The fraction of sp³-hybridized carbons (Fsp3) is 0.333. The van der Waals surface area contributed by atoms with Gasteiger partial charge in [-0.15, -0.1) is 0 Å². The zero-order valence-electron chi connectivity index (χ0n) is 16.1. The average Bonchev–Trinajstić information content (AvgIpc) is 2.65. The lowest BCUT2D eigenvalue weighted by Gasteiger charge is -2.29. The first-order valence-corrected chi connectivity index (χ1v) is 10.2. The number of carbonyl (C=O) groups excluding carboxylic acids is 2. The largest absolute Gasteiger partial charge is 0.484 e. The van der Waals surface area contributed by atoms with Crippen LogP contribution in [-0.2, 0) is 16.1 Å². The normalized spacial score (nSPS) is 11.8. The van der Waals surface area contributed by atoms with Crippen LogP contribution in [0, 0.1) is 0 Å². The van der Waals surface area contributed by atoms with Crippen molar-refractivity contribution >= 4 is 39.3 Å². The monoisotopic (exact) mass is 466 g/mol. The molecule has 1 atom stereocenters. The van der Waals surface area contributed by atoms with Crippen molar-refractivity contribution in [2.24, 2.45) is 0 Å². The Morgan fingerprint density at radius 1 is 1.07 bits per heavy atom. The Morgan fingerprint density at radius 2 is 1.68 bits per heavy atom. The first-order chi connectivity index (χ1) is 13.3. The van der Waals surface area contributed by atoms with E-state index >= 15 is 0 Å². The molecule has 0 aliphatic rings. The number of nitrogens with zero attached hydrogens (tertiary/aromatic N) is 1. The first-order valence-electron chi connectivity index (χ1n) is 8.99. The molecule has 5 nitrogen and oxygen atoms in total. The van der Waals surface area contributed by atoms with Crippen molar-refractivity contribution in [2.75, 3.05) is 6.61 Å². The summed E-state index contributed by atoms with van der Waals surface area (Å²) in [5.74, 6) is 0.0665. The van der Waals surface area contributed by atoms with E-state index in [0.29, 0.717) is 17.3 Å². The molecule has 150 valence electrons. The third kappa shape index (κ3) is 6.84. The van der Waals surface area contributed by atoms with Crippen molar-refractivity contribution in [2.45, 2.75) is 39.4 Å². The van der Waals surface area contributed by atoms with Crippen molar-refractivity contribution in [3.05, 3.63) is 63.6 Å². The molecule has 2 amide bonds. The minimum absolute atomic E-state index is 0.00935. The van der Waals surface area contributed by atoms with Crippen molar-refractivity contribution in [3.63, 3.8) is 0 Å². The number of carbonyl (C=O) groups is 2. The zero-order chi connectivity index (χ0) is 20.7. The third-order valence-corrected chi connectivity index (χ3v) is 4.82. The summed E-state index contributed by atoms with van der Waals surface area (Å²) in [7, 11) is 0. The molecular formula is C21H24BrClN2O3. The molecule has 0 fully saturated rings. The number of benzene rings is 2. The van der Waals surface area contributed by atoms with Gasteiger partial charge in [0.05, 0.1) is 0 Å². The topological polar surface area (TPSA) is 58.6 Å². The van der Waals surface area contributed by atoms with Crippen LogP contribution < -0.4 is 10.1 Å². The van der Waals surface area contributed by atoms with Gasteiger partial charge in [0.2, 0.25) is 5.91 Å². The van der Waals surface area contributed by atoms with Crippen LogP contribution in [0.2, 0.25) is 5.02 Å². The molecule has 0 aliphatic heterocycles. The Hall–Kier alpha value is -2.05. The lowest BCUT2D eigenvalue weighted by Crippen LogP contribution is -2.50. The lowest BCUT2D eigenvalue weighted by atomic mass is 10.1. The molecule has 7 heteroatoms. The molecule has 1 N–H and O–H groups in total. The van der Waals surface area contributed by atoms with Gasteiger partial charge in [-0.2, -0.15) is 0 Å². The Morgan fingerprint density at radius 3 is 2.25 bits per heavy atom. The Bertz CT molecular complexity index is 794. The average molecular weight is 468 g/mol. The number of ether oxygens (including phenoxy) is 1. The highest BCUT2D eigenvalue weighted by Gasteiger charge is 2.26. The van der Waals surface area contributed by atoms with Gasteiger partial charge in [-0.3, -0.25) is 9.59 Å². The van der Waals surface area contributed by atoms with E-state index in [0.717, 1.165) is 10.0 Å². The highest BCUT2D eigenvalue weighted by molar-refractivity contribution is 9.10. The van der Waals surface area contributed by atoms with Crippen LogP contribution in [0.15, 0.2) is 53.0 Å². The summed E-state index contributed by atoms with van der Waals surface area (Å²) in [5, 5.41) is 3.45. The molecule has 0 saturated heterocycles. The van der Waals surface area contributed by atoms with Gasteiger partial charge in [-0.25, -0.2) is 0 Å². The zero-order valence-corrected chi connectivity index (χ0v) is 18.5. The second-order valence-corrected chi connectivity index (χ2v) is 8.08. The Kier molecular flexibility index (Phi) is 8.33. The number of hydrogen-bond donors (Lipinski definition) is 1. The van der Waals surface area contributed by atoms with E-state index in [1.165, 1.54) is 4.90 Å². The standard InChI is InChI=1S/C21H24BrClN2O3/c1-14(2)24-21(27)15(3)25(12-16-4-6-17(22)7-5-16)20(26)13-28-19-10-8-18(23)9-11-19/h4-11,14-15H,12-13H2,1-3H3,(H,24,27). The van der Waals surface area contributed by atoms with Gasteiger partial charge in [0, 0.05) is 22.1 Å². The Labute approximate surface area is 179 Å². The Balaban J connectivity index is 2.12. The van der Waals surface area contributed by atoms with Crippen LogP contribution >= 0.6 is 27.5 Å². The second-order valence-electron chi connectivity index (χ2n) is 6.73. The van der Waals surface area contributed by atoms with E-state index < -0.39 is 6.04 Å². The van der Waals surface area contributed by atoms with E-state index in [1.807, 2.05) is 38.1 Å². The third-order valence-electron chi connectivity index (χ3n) is 4.04. The summed E-state index contributed by atoms with van der Waals surface area (Å²) < 4.78 is 6.53. The fourth-order valence-corrected chi connectivity index (χ4v) is 2.92. The number of hydrogen-bond acceptors (Lipinski definition) is 3. The van der Waals surface area contributed by atoms with Gasteiger partial charge in [0.25, 0.3) is 5.91 Å². The van der Waals surface area contributed by atoms with Gasteiger partial charge in [0.1, 0.15) is 11.8 Å². The van der Waals surface area contributed by atoms with E-state index in [4.69, 9.17) is 16.3 Å². The molecule has 0 aromatic heterocycles. The van der Waals surface area contributed by atoms with E-state index in [1.54, 1.807) is 31.2 Å². The minimum Gasteiger partial charge on any atom is -0.484 e.